The molecule has 2 N–H and O–H groups in total. The first-order valence-electron chi connectivity index (χ1n) is 9.44. The fraction of sp³-hybridized carbons (Fsp3) is 0.684. The number of hydrogen-bond donors (Lipinski definition) is 2. The highest BCUT2D eigenvalue weighted by atomic mass is 16.3. The van der Waals surface area contributed by atoms with E-state index in [0.717, 1.165) is 44.7 Å². The van der Waals surface area contributed by atoms with Gasteiger partial charge in [-0.15, -0.1) is 0 Å². The van der Waals surface area contributed by atoms with Gasteiger partial charge in [0, 0.05) is 26.3 Å². The van der Waals surface area contributed by atoms with Crippen LogP contribution in [0.15, 0.2) is 24.4 Å². The van der Waals surface area contributed by atoms with Gasteiger partial charge in [0.15, 0.2) is 0 Å². The summed E-state index contributed by atoms with van der Waals surface area (Å²) in [7, 11) is 1.89. The molecule has 1 aromatic heterocycles. The minimum absolute atomic E-state index is 0.000316. The van der Waals surface area contributed by atoms with Crippen molar-refractivity contribution in [2.75, 3.05) is 39.8 Å². The Kier molecular flexibility index (Phi) is 6.26. The Labute approximate surface area is 150 Å². The molecule has 0 spiro atoms. The standard InChI is InChI=1S/C19H30N4O2/c1-22(18(16-5-6-16)17-4-2-3-9-20-17)19(25)21-14-15-7-10-23(11-8-15)12-13-24/h2-4,9,15-16,18,24H,5-8,10-14H2,1H3,(H,21,25)/t18-/m0/s1. The number of rotatable bonds is 7. The number of hydrogen-bond acceptors (Lipinski definition) is 4. The number of likely N-dealkylation sites (tertiary alicyclic amines) is 1. The summed E-state index contributed by atoms with van der Waals surface area (Å²) in [5.41, 5.74) is 0.986. The maximum atomic E-state index is 12.6. The zero-order valence-electron chi connectivity index (χ0n) is 15.1. The van der Waals surface area contributed by atoms with Crippen molar-refractivity contribution >= 4 is 6.03 Å². The summed E-state index contributed by atoms with van der Waals surface area (Å²) >= 11 is 0. The van der Waals surface area contributed by atoms with Crippen LogP contribution in [-0.2, 0) is 0 Å². The number of β-amino-alcohol motifs (C(OH)–C–C–N with tert-alkyl or cyclic N) is 1. The average molecular weight is 346 g/mol. The molecular formula is C19H30N4O2. The number of amides is 2. The molecule has 1 saturated carbocycles. The van der Waals surface area contributed by atoms with Crippen molar-refractivity contribution in [2.45, 2.75) is 31.7 Å². The molecule has 0 unspecified atom stereocenters. The molecule has 1 saturated heterocycles. The van der Waals surface area contributed by atoms with Crippen molar-refractivity contribution in [1.29, 1.82) is 0 Å². The lowest BCUT2D eigenvalue weighted by Gasteiger charge is -2.33. The number of nitrogens with one attached hydrogen (secondary N) is 1. The van der Waals surface area contributed by atoms with Crippen molar-refractivity contribution in [1.82, 2.24) is 20.1 Å². The maximum Gasteiger partial charge on any atom is 0.317 e. The second-order valence-electron chi connectivity index (χ2n) is 7.34. The maximum absolute atomic E-state index is 12.6. The van der Waals surface area contributed by atoms with Crippen LogP contribution in [0, 0.1) is 11.8 Å². The lowest BCUT2D eigenvalue weighted by molar-refractivity contribution is 0.143. The molecule has 1 atom stereocenters. The summed E-state index contributed by atoms with van der Waals surface area (Å²) in [6, 6.07) is 6.00. The van der Waals surface area contributed by atoms with Gasteiger partial charge in [-0.25, -0.2) is 4.79 Å². The number of piperidine rings is 1. The van der Waals surface area contributed by atoms with Gasteiger partial charge in [0.25, 0.3) is 0 Å². The molecule has 2 heterocycles. The van der Waals surface area contributed by atoms with Crippen LogP contribution >= 0.6 is 0 Å². The number of nitrogens with zero attached hydrogens (tertiary/aromatic N) is 3. The van der Waals surface area contributed by atoms with Crippen LogP contribution in [0.3, 0.4) is 0 Å². The quantitative estimate of drug-likeness (QED) is 0.791. The van der Waals surface area contributed by atoms with Gasteiger partial charge in [0.1, 0.15) is 0 Å². The second kappa shape index (κ2) is 8.63. The molecule has 0 bridgehead atoms. The third kappa shape index (κ3) is 4.92. The first-order valence-corrected chi connectivity index (χ1v) is 9.44. The lowest BCUT2D eigenvalue weighted by atomic mass is 9.97. The van der Waals surface area contributed by atoms with Gasteiger partial charge in [0.05, 0.1) is 18.3 Å². The van der Waals surface area contributed by atoms with Crippen LogP contribution in [0.2, 0.25) is 0 Å². The van der Waals surface area contributed by atoms with E-state index in [1.807, 2.05) is 30.1 Å². The molecular weight excluding hydrogens is 316 g/mol. The van der Waals surface area contributed by atoms with E-state index < -0.39 is 0 Å². The van der Waals surface area contributed by atoms with Crippen molar-refractivity contribution in [3.63, 3.8) is 0 Å². The van der Waals surface area contributed by atoms with E-state index in [-0.39, 0.29) is 18.7 Å². The molecule has 0 aromatic carbocycles. The van der Waals surface area contributed by atoms with E-state index in [1.165, 1.54) is 12.8 Å². The summed E-state index contributed by atoms with van der Waals surface area (Å²) in [5.74, 6) is 1.06. The molecule has 6 heteroatoms. The Morgan fingerprint density at radius 3 is 2.72 bits per heavy atom. The fourth-order valence-electron chi connectivity index (χ4n) is 3.76. The van der Waals surface area contributed by atoms with Crippen LogP contribution < -0.4 is 5.32 Å². The highest BCUT2D eigenvalue weighted by molar-refractivity contribution is 5.74. The summed E-state index contributed by atoms with van der Waals surface area (Å²) in [4.78, 5) is 21.2. The predicted octanol–water partition coefficient (Wildman–Crippen LogP) is 1.88. The number of pyridine rings is 1. The van der Waals surface area contributed by atoms with Crippen LogP contribution in [-0.4, -0.2) is 65.8 Å². The van der Waals surface area contributed by atoms with Gasteiger partial charge in [-0.1, -0.05) is 6.07 Å². The topological polar surface area (TPSA) is 68.7 Å². The van der Waals surface area contributed by atoms with Gasteiger partial charge in [-0.3, -0.25) is 4.98 Å². The van der Waals surface area contributed by atoms with Crippen molar-refractivity contribution < 1.29 is 9.90 Å². The fourth-order valence-corrected chi connectivity index (χ4v) is 3.76. The summed E-state index contributed by atoms with van der Waals surface area (Å²) in [5, 5.41) is 12.1. The highest BCUT2D eigenvalue weighted by Gasteiger charge is 2.37. The lowest BCUT2D eigenvalue weighted by Crippen LogP contribution is -2.44. The Balaban J connectivity index is 1.49. The van der Waals surface area contributed by atoms with E-state index in [1.54, 1.807) is 6.20 Å². The number of urea groups is 1. The smallest absolute Gasteiger partial charge is 0.317 e. The number of carbonyl (C=O) groups is 1. The van der Waals surface area contributed by atoms with Gasteiger partial charge >= 0.3 is 6.03 Å². The van der Waals surface area contributed by atoms with Gasteiger partial charge in [0.2, 0.25) is 0 Å². The summed E-state index contributed by atoms with van der Waals surface area (Å²) in [6.07, 6.45) is 6.30. The Morgan fingerprint density at radius 1 is 1.36 bits per heavy atom. The molecule has 1 aromatic rings. The number of aliphatic hydroxyl groups excluding tert-OH is 1. The molecule has 0 radical (unpaired) electrons. The van der Waals surface area contributed by atoms with E-state index >= 15 is 0 Å². The molecule has 25 heavy (non-hydrogen) atoms. The highest BCUT2D eigenvalue weighted by Crippen LogP contribution is 2.43. The monoisotopic (exact) mass is 346 g/mol. The summed E-state index contributed by atoms with van der Waals surface area (Å²) in [6.45, 7) is 3.73. The van der Waals surface area contributed by atoms with E-state index in [2.05, 4.69) is 15.2 Å². The number of aliphatic hydroxyl groups is 1. The molecule has 1 aliphatic carbocycles. The Bertz CT molecular complexity index is 542. The van der Waals surface area contributed by atoms with Crippen LogP contribution in [0.25, 0.3) is 0 Å². The van der Waals surface area contributed by atoms with Crippen molar-refractivity contribution in [3.8, 4) is 0 Å². The zero-order valence-corrected chi connectivity index (χ0v) is 15.1. The van der Waals surface area contributed by atoms with Crippen molar-refractivity contribution in [2.24, 2.45) is 11.8 Å². The van der Waals surface area contributed by atoms with Gasteiger partial charge in [-0.05, 0) is 62.7 Å². The molecule has 6 nitrogen and oxygen atoms in total. The minimum Gasteiger partial charge on any atom is -0.395 e. The summed E-state index contributed by atoms with van der Waals surface area (Å²) < 4.78 is 0. The molecule has 1 aliphatic heterocycles. The normalized spacial score (nSPS) is 20.2. The zero-order chi connectivity index (χ0) is 17.6. The van der Waals surface area contributed by atoms with Gasteiger partial charge in [-0.2, -0.15) is 0 Å². The third-order valence-electron chi connectivity index (χ3n) is 5.46. The molecule has 2 amide bonds. The van der Waals surface area contributed by atoms with E-state index in [0.29, 0.717) is 11.8 Å². The molecule has 3 rings (SSSR count). The second-order valence-corrected chi connectivity index (χ2v) is 7.34. The minimum atomic E-state index is 0.000316. The molecule has 138 valence electrons. The first kappa shape index (κ1) is 18.1. The number of aromatic nitrogens is 1. The molecule has 2 aliphatic rings. The van der Waals surface area contributed by atoms with E-state index in [9.17, 15) is 4.79 Å². The number of carbonyl (C=O) groups excluding carboxylic acids is 1. The van der Waals surface area contributed by atoms with Crippen LogP contribution in [0.4, 0.5) is 4.79 Å². The van der Waals surface area contributed by atoms with E-state index in [4.69, 9.17) is 5.11 Å². The Morgan fingerprint density at radius 2 is 2.12 bits per heavy atom. The van der Waals surface area contributed by atoms with Gasteiger partial charge < -0.3 is 20.2 Å². The van der Waals surface area contributed by atoms with Crippen LogP contribution in [0.1, 0.15) is 37.4 Å². The molecule has 2 fully saturated rings. The predicted molar refractivity (Wildman–Crippen MR) is 97.1 cm³/mol. The first-order chi connectivity index (χ1) is 12.2. The Hall–Kier alpha value is -1.66. The van der Waals surface area contributed by atoms with Crippen LogP contribution in [0.5, 0.6) is 0 Å². The van der Waals surface area contributed by atoms with Crippen molar-refractivity contribution in [3.05, 3.63) is 30.1 Å². The average Bonchev–Trinajstić information content (AvgIpc) is 3.47. The largest absolute Gasteiger partial charge is 0.395 e. The SMILES string of the molecule is CN(C(=O)NCC1CCN(CCO)CC1)[C@H](c1ccccn1)C1CC1. The third-order valence-corrected chi connectivity index (χ3v) is 5.46.